The van der Waals surface area contributed by atoms with Crippen LogP contribution in [0.25, 0.3) is 22.4 Å². The van der Waals surface area contributed by atoms with Gasteiger partial charge in [-0.25, -0.2) is 9.37 Å². The summed E-state index contributed by atoms with van der Waals surface area (Å²) in [6.07, 6.45) is 0. The van der Waals surface area contributed by atoms with Crippen molar-refractivity contribution in [2.75, 3.05) is 7.11 Å². The number of imidazole rings is 1. The Bertz CT molecular complexity index is 752. The molecule has 0 amide bonds. The van der Waals surface area contributed by atoms with Crippen LogP contribution in [0, 0.1) is 5.82 Å². The standard InChI is InChI=1S/C14H11FN2O2/c1-19-9-3-5-11-12(7-9)17-14(16-11)10-4-2-8(15)6-13(10)18/h2-7,18H,1H3,(H,16,17). The number of aromatic nitrogens is 2. The number of methoxy groups -OCH3 is 1. The molecule has 1 aromatic heterocycles. The third kappa shape index (κ3) is 1.99. The first-order valence-electron chi connectivity index (χ1n) is 5.70. The van der Waals surface area contributed by atoms with Crippen molar-refractivity contribution in [3.8, 4) is 22.9 Å². The van der Waals surface area contributed by atoms with Crippen LogP contribution in [0.3, 0.4) is 0 Å². The van der Waals surface area contributed by atoms with Gasteiger partial charge in [-0.15, -0.1) is 0 Å². The molecule has 0 radical (unpaired) electrons. The number of phenols is 1. The molecule has 0 saturated carbocycles. The predicted octanol–water partition coefficient (Wildman–Crippen LogP) is 3.08. The number of benzene rings is 2. The maximum Gasteiger partial charge on any atom is 0.142 e. The van der Waals surface area contributed by atoms with E-state index in [2.05, 4.69) is 9.97 Å². The van der Waals surface area contributed by atoms with E-state index >= 15 is 0 Å². The first-order chi connectivity index (χ1) is 9.17. The second-order valence-electron chi connectivity index (χ2n) is 4.13. The second kappa shape index (κ2) is 4.28. The summed E-state index contributed by atoms with van der Waals surface area (Å²) in [5.41, 5.74) is 1.99. The molecule has 2 N–H and O–H groups in total. The van der Waals surface area contributed by atoms with Crippen LogP contribution in [0.2, 0.25) is 0 Å². The van der Waals surface area contributed by atoms with Crippen molar-refractivity contribution in [3.05, 3.63) is 42.2 Å². The number of H-pyrrole nitrogens is 1. The van der Waals surface area contributed by atoms with Crippen LogP contribution in [0.5, 0.6) is 11.5 Å². The average molecular weight is 258 g/mol. The first kappa shape index (κ1) is 11.5. The molecular weight excluding hydrogens is 247 g/mol. The number of nitrogens with zero attached hydrogens (tertiary/aromatic N) is 1. The van der Waals surface area contributed by atoms with Crippen molar-refractivity contribution in [1.82, 2.24) is 9.97 Å². The van der Waals surface area contributed by atoms with E-state index in [0.29, 0.717) is 17.1 Å². The summed E-state index contributed by atoms with van der Waals surface area (Å²) in [4.78, 5) is 7.43. The highest BCUT2D eigenvalue weighted by Gasteiger charge is 2.10. The lowest BCUT2D eigenvalue weighted by Crippen LogP contribution is -1.83. The number of nitrogens with one attached hydrogen (secondary N) is 1. The molecule has 0 bridgehead atoms. The monoisotopic (exact) mass is 258 g/mol. The highest BCUT2D eigenvalue weighted by atomic mass is 19.1. The summed E-state index contributed by atoms with van der Waals surface area (Å²) in [5, 5.41) is 9.75. The Morgan fingerprint density at radius 1 is 1.21 bits per heavy atom. The minimum Gasteiger partial charge on any atom is -0.507 e. The summed E-state index contributed by atoms with van der Waals surface area (Å²) >= 11 is 0. The number of hydrogen-bond donors (Lipinski definition) is 2. The van der Waals surface area contributed by atoms with E-state index in [1.54, 1.807) is 13.2 Å². The Kier molecular flexibility index (Phi) is 2.59. The highest BCUT2D eigenvalue weighted by molar-refractivity contribution is 5.81. The van der Waals surface area contributed by atoms with Gasteiger partial charge >= 0.3 is 0 Å². The van der Waals surface area contributed by atoms with Crippen LogP contribution < -0.4 is 4.74 Å². The number of phenolic OH excluding ortho intramolecular Hbond substituents is 1. The molecule has 0 unspecified atom stereocenters. The lowest BCUT2D eigenvalue weighted by Gasteiger charge is -2.00. The molecule has 0 aliphatic rings. The maximum atomic E-state index is 13.0. The van der Waals surface area contributed by atoms with Crippen LogP contribution in [0.1, 0.15) is 0 Å². The molecule has 1 heterocycles. The van der Waals surface area contributed by atoms with Gasteiger partial charge in [0.25, 0.3) is 0 Å². The molecule has 0 aliphatic carbocycles. The summed E-state index contributed by atoms with van der Waals surface area (Å²) in [6, 6.07) is 9.25. The molecule has 3 rings (SSSR count). The van der Waals surface area contributed by atoms with E-state index in [1.165, 1.54) is 12.1 Å². The topological polar surface area (TPSA) is 58.1 Å². The van der Waals surface area contributed by atoms with Gasteiger partial charge in [0.05, 0.1) is 23.7 Å². The van der Waals surface area contributed by atoms with Gasteiger partial charge in [0.1, 0.15) is 23.1 Å². The Hall–Kier alpha value is -2.56. The van der Waals surface area contributed by atoms with Gasteiger partial charge in [-0.2, -0.15) is 0 Å². The van der Waals surface area contributed by atoms with Crippen LogP contribution >= 0.6 is 0 Å². The molecule has 3 aromatic rings. The van der Waals surface area contributed by atoms with Crippen molar-refractivity contribution < 1.29 is 14.2 Å². The van der Waals surface area contributed by atoms with Crippen LogP contribution in [-0.2, 0) is 0 Å². The van der Waals surface area contributed by atoms with Gasteiger partial charge in [0, 0.05) is 12.1 Å². The van der Waals surface area contributed by atoms with Crippen molar-refractivity contribution >= 4 is 11.0 Å². The molecule has 96 valence electrons. The fourth-order valence-corrected chi connectivity index (χ4v) is 1.95. The number of aromatic amines is 1. The van der Waals surface area contributed by atoms with Crippen LogP contribution in [0.4, 0.5) is 4.39 Å². The molecular formula is C14H11FN2O2. The number of hydrogen-bond acceptors (Lipinski definition) is 3. The Balaban J connectivity index is 2.14. The number of halogens is 1. The van der Waals surface area contributed by atoms with Crippen LogP contribution in [0.15, 0.2) is 36.4 Å². The number of rotatable bonds is 2. The van der Waals surface area contributed by atoms with Gasteiger partial charge in [-0.1, -0.05) is 0 Å². The van der Waals surface area contributed by atoms with Gasteiger partial charge in [0.2, 0.25) is 0 Å². The van der Waals surface area contributed by atoms with Crippen molar-refractivity contribution in [1.29, 1.82) is 0 Å². The van der Waals surface area contributed by atoms with Gasteiger partial charge < -0.3 is 14.8 Å². The first-order valence-corrected chi connectivity index (χ1v) is 5.70. The minimum atomic E-state index is -0.487. The average Bonchev–Trinajstić information content (AvgIpc) is 2.80. The van der Waals surface area contributed by atoms with Gasteiger partial charge in [-0.05, 0) is 24.3 Å². The molecule has 0 spiro atoms. The lowest BCUT2D eigenvalue weighted by molar-refractivity contribution is 0.415. The summed E-state index contributed by atoms with van der Waals surface area (Å²) < 4.78 is 18.1. The summed E-state index contributed by atoms with van der Waals surface area (Å²) in [7, 11) is 1.59. The SMILES string of the molecule is COc1ccc2nc(-c3ccc(F)cc3O)[nH]c2c1. The number of fused-ring (bicyclic) bond motifs is 1. The van der Waals surface area contributed by atoms with Gasteiger partial charge in [-0.3, -0.25) is 0 Å². The lowest BCUT2D eigenvalue weighted by atomic mass is 10.2. The summed E-state index contributed by atoms with van der Waals surface area (Å²) in [5.74, 6) is 0.567. The fourth-order valence-electron chi connectivity index (χ4n) is 1.95. The predicted molar refractivity (Wildman–Crippen MR) is 69.7 cm³/mol. The minimum absolute atomic E-state index is 0.147. The molecule has 19 heavy (non-hydrogen) atoms. The molecule has 0 atom stereocenters. The van der Waals surface area contributed by atoms with E-state index in [0.717, 1.165) is 17.1 Å². The maximum absolute atomic E-state index is 13.0. The molecule has 0 fully saturated rings. The highest BCUT2D eigenvalue weighted by Crippen LogP contribution is 2.30. The van der Waals surface area contributed by atoms with E-state index in [-0.39, 0.29) is 5.75 Å². The van der Waals surface area contributed by atoms with Crippen molar-refractivity contribution in [2.45, 2.75) is 0 Å². The quantitative estimate of drug-likeness (QED) is 0.742. The zero-order valence-electron chi connectivity index (χ0n) is 10.1. The zero-order chi connectivity index (χ0) is 13.4. The third-order valence-electron chi connectivity index (χ3n) is 2.90. The number of ether oxygens (including phenoxy) is 1. The Labute approximate surface area is 108 Å². The molecule has 4 nitrogen and oxygen atoms in total. The fraction of sp³-hybridized carbons (Fsp3) is 0.0714. The van der Waals surface area contributed by atoms with E-state index in [9.17, 15) is 9.50 Å². The molecule has 0 aliphatic heterocycles. The molecule has 0 saturated heterocycles. The van der Waals surface area contributed by atoms with Crippen molar-refractivity contribution in [2.24, 2.45) is 0 Å². The summed E-state index contributed by atoms with van der Waals surface area (Å²) in [6.45, 7) is 0. The molecule has 5 heteroatoms. The third-order valence-corrected chi connectivity index (χ3v) is 2.90. The second-order valence-corrected chi connectivity index (χ2v) is 4.13. The van der Waals surface area contributed by atoms with E-state index < -0.39 is 5.82 Å². The number of aromatic hydroxyl groups is 1. The normalized spacial score (nSPS) is 10.8. The van der Waals surface area contributed by atoms with E-state index in [1.807, 2.05) is 12.1 Å². The Morgan fingerprint density at radius 3 is 2.79 bits per heavy atom. The van der Waals surface area contributed by atoms with E-state index in [4.69, 9.17) is 4.74 Å². The largest absolute Gasteiger partial charge is 0.507 e. The van der Waals surface area contributed by atoms with Crippen molar-refractivity contribution in [3.63, 3.8) is 0 Å². The smallest absolute Gasteiger partial charge is 0.142 e. The molecule has 2 aromatic carbocycles. The van der Waals surface area contributed by atoms with Crippen LogP contribution in [-0.4, -0.2) is 22.2 Å². The van der Waals surface area contributed by atoms with Gasteiger partial charge in [0.15, 0.2) is 0 Å². The Morgan fingerprint density at radius 2 is 2.05 bits per heavy atom. The zero-order valence-corrected chi connectivity index (χ0v) is 10.1.